The quantitative estimate of drug-likeness (QED) is 0.500. The molecule has 0 aliphatic carbocycles. The predicted octanol–water partition coefficient (Wildman–Crippen LogP) is -0.610. The molecule has 0 saturated heterocycles. The summed E-state index contributed by atoms with van der Waals surface area (Å²) < 4.78 is 0. The molecule has 4 nitrogen and oxygen atoms in total. The Morgan fingerprint density at radius 3 is 2.00 bits per heavy atom. The van der Waals surface area contributed by atoms with Gasteiger partial charge in [0.15, 0.2) is 0 Å². The topological polar surface area (TPSA) is 80.3 Å². The van der Waals surface area contributed by atoms with E-state index in [2.05, 4.69) is 9.88 Å². The Balaban J connectivity index is 0. The number of hydrogen-bond donors (Lipinski definition) is 0. The second kappa shape index (κ2) is 11.6. The van der Waals surface area contributed by atoms with Crippen LogP contribution in [0, 0.1) is 0 Å². The molecule has 0 aromatic heterocycles. The summed E-state index contributed by atoms with van der Waals surface area (Å²) in [5.41, 5.74) is -0.211. The molecule has 0 rings (SSSR count). The first-order chi connectivity index (χ1) is 6.99. The van der Waals surface area contributed by atoms with E-state index in [1.165, 1.54) is 0 Å². The van der Waals surface area contributed by atoms with Gasteiger partial charge in [0.25, 0.3) is 0 Å². The Morgan fingerprint density at radius 2 is 1.73 bits per heavy atom. The van der Waals surface area contributed by atoms with Crippen LogP contribution in [0.3, 0.4) is 0 Å². The maximum absolute atomic E-state index is 10.3. The Morgan fingerprint density at radius 1 is 1.27 bits per heavy atom. The number of carbonyl (C=O) groups excluding carboxylic acids is 2. The van der Waals surface area contributed by atoms with Crippen molar-refractivity contribution in [3.05, 3.63) is 11.6 Å². The SMILES string of the molecule is CCCC/C(=C/C(=O)[O-])C(=O)[O-].[CH3][Sn+2][CH3]. The zero-order valence-corrected chi connectivity index (χ0v) is 12.2. The number of carboxylic acids is 2. The molecule has 84 valence electrons. The molecule has 0 saturated carbocycles. The monoisotopic (exact) mass is 320 g/mol. The number of rotatable bonds is 5. The van der Waals surface area contributed by atoms with Crippen molar-refractivity contribution in [2.45, 2.75) is 36.1 Å². The summed E-state index contributed by atoms with van der Waals surface area (Å²) in [6.07, 6.45) is 2.22. The van der Waals surface area contributed by atoms with Gasteiger partial charge in [-0.1, -0.05) is 13.3 Å². The Bertz CT molecular complexity index is 223. The van der Waals surface area contributed by atoms with Gasteiger partial charge in [-0.2, -0.15) is 0 Å². The second-order valence-electron chi connectivity index (χ2n) is 2.88. The van der Waals surface area contributed by atoms with Crippen LogP contribution in [0.5, 0.6) is 0 Å². The maximum atomic E-state index is 10.3. The number of carboxylic acid groups (broad SMARTS) is 2. The number of hydrogen-bond acceptors (Lipinski definition) is 4. The molecular formula is C10H16O4Sn. The fraction of sp³-hybridized carbons (Fsp3) is 0.600. The first-order valence-electron chi connectivity index (χ1n) is 4.70. The van der Waals surface area contributed by atoms with Crippen molar-refractivity contribution in [1.82, 2.24) is 0 Å². The molecule has 5 heteroatoms. The fourth-order valence-electron chi connectivity index (χ4n) is 0.743. The summed E-state index contributed by atoms with van der Waals surface area (Å²) in [7, 11) is 0. The Kier molecular flexibility index (Phi) is 13.0. The van der Waals surface area contributed by atoms with E-state index in [9.17, 15) is 19.8 Å². The van der Waals surface area contributed by atoms with Gasteiger partial charge in [-0.25, -0.2) is 0 Å². The van der Waals surface area contributed by atoms with Gasteiger partial charge in [0.1, 0.15) is 0 Å². The predicted molar refractivity (Wildman–Crippen MR) is 55.1 cm³/mol. The van der Waals surface area contributed by atoms with Crippen molar-refractivity contribution in [2.75, 3.05) is 0 Å². The van der Waals surface area contributed by atoms with Gasteiger partial charge >= 0.3 is 31.0 Å². The summed E-state index contributed by atoms with van der Waals surface area (Å²) in [5.74, 6) is -2.93. The molecule has 0 aliphatic rings. The van der Waals surface area contributed by atoms with Crippen LogP contribution in [-0.2, 0) is 9.59 Å². The van der Waals surface area contributed by atoms with Crippen LogP contribution >= 0.6 is 0 Å². The summed E-state index contributed by atoms with van der Waals surface area (Å²) >= 11 is 0.230. The van der Waals surface area contributed by atoms with E-state index in [0.717, 1.165) is 6.42 Å². The van der Waals surface area contributed by atoms with E-state index >= 15 is 0 Å². The minimum atomic E-state index is -1.50. The van der Waals surface area contributed by atoms with Crippen LogP contribution < -0.4 is 10.2 Å². The van der Waals surface area contributed by atoms with Crippen molar-refractivity contribution in [2.24, 2.45) is 0 Å². The molecule has 0 bridgehead atoms. The van der Waals surface area contributed by atoms with Crippen molar-refractivity contribution in [3.63, 3.8) is 0 Å². The van der Waals surface area contributed by atoms with Crippen molar-refractivity contribution in [1.29, 1.82) is 0 Å². The summed E-state index contributed by atoms with van der Waals surface area (Å²) in [5, 5.41) is 20.3. The van der Waals surface area contributed by atoms with Crippen LogP contribution in [0.15, 0.2) is 11.6 Å². The van der Waals surface area contributed by atoms with Crippen LogP contribution in [0.25, 0.3) is 0 Å². The minimum absolute atomic E-state index is 0.211. The van der Waals surface area contributed by atoms with Gasteiger partial charge in [-0.15, -0.1) is 0 Å². The van der Waals surface area contributed by atoms with Crippen LogP contribution in [-0.4, -0.2) is 33.1 Å². The van der Waals surface area contributed by atoms with Gasteiger partial charge in [-0.05, 0) is 24.5 Å². The van der Waals surface area contributed by atoms with E-state index in [4.69, 9.17) is 0 Å². The molecule has 0 amide bonds. The first kappa shape index (κ1) is 16.9. The molecule has 0 aromatic carbocycles. The van der Waals surface area contributed by atoms with Crippen molar-refractivity contribution >= 4 is 33.1 Å². The standard InChI is InChI=1S/C8H12O4.2CH3.Sn/c1-2-3-4-6(8(11)12)5-7(9)10;;;/h5H,2-4H2,1H3,(H,9,10)(H,11,12);2*1H3;/q;;;+2/p-2/b6-5-;;;. The third kappa shape index (κ3) is 13.5. The van der Waals surface area contributed by atoms with E-state index in [1.54, 1.807) is 0 Å². The summed E-state index contributed by atoms with van der Waals surface area (Å²) in [4.78, 5) is 24.9. The molecule has 0 aromatic rings. The zero-order valence-electron chi connectivity index (χ0n) is 9.33. The molecule has 0 aliphatic heterocycles. The van der Waals surface area contributed by atoms with Crippen molar-refractivity contribution < 1.29 is 19.8 Å². The average molecular weight is 319 g/mol. The normalized spacial score (nSPS) is 9.67. The van der Waals surface area contributed by atoms with E-state index in [1.807, 2.05) is 6.92 Å². The first-order valence-corrected chi connectivity index (χ1v) is 10.4. The van der Waals surface area contributed by atoms with E-state index < -0.39 is 11.9 Å². The summed E-state index contributed by atoms with van der Waals surface area (Å²) in [6.45, 7) is 1.88. The van der Waals surface area contributed by atoms with Gasteiger partial charge < -0.3 is 19.8 Å². The van der Waals surface area contributed by atoms with Gasteiger partial charge in [-0.3, -0.25) is 0 Å². The molecule has 0 spiro atoms. The molecule has 0 unspecified atom stereocenters. The molecule has 15 heavy (non-hydrogen) atoms. The third-order valence-electron chi connectivity index (χ3n) is 1.35. The Hall–Kier alpha value is -0.521. The fourth-order valence-corrected chi connectivity index (χ4v) is 0.743. The molecule has 0 heterocycles. The molecule has 0 fully saturated rings. The van der Waals surface area contributed by atoms with Gasteiger partial charge in [0.05, 0.1) is 11.9 Å². The Labute approximate surface area is 101 Å². The number of aliphatic carboxylic acids is 2. The molecule has 0 atom stereocenters. The molecular weight excluding hydrogens is 303 g/mol. The van der Waals surface area contributed by atoms with E-state index in [0.29, 0.717) is 12.5 Å². The molecule has 0 N–H and O–H groups in total. The van der Waals surface area contributed by atoms with E-state index in [-0.39, 0.29) is 33.1 Å². The van der Waals surface area contributed by atoms with Gasteiger partial charge in [0.2, 0.25) is 0 Å². The second-order valence-corrected chi connectivity index (χ2v) is 5.73. The summed E-state index contributed by atoms with van der Waals surface area (Å²) in [6, 6.07) is 0. The van der Waals surface area contributed by atoms with Crippen LogP contribution in [0.4, 0.5) is 0 Å². The number of carbonyl (C=O) groups is 2. The zero-order chi connectivity index (χ0) is 12.3. The van der Waals surface area contributed by atoms with Gasteiger partial charge in [0, 0.05) is 0 Å². The average Bonchev–Trinajstić information content (AvgIpc) is 2.12. The molecule has 0 radical (unpaired) electrons. The van der Waals surface area contributed by atoms with Crippen LogP contribution in [0.1, 0.15) is 26.2 Å². The van der Waals surface area contributed by atoms with Crippen molar-refractivity contribution in [3.8, 4) is 0 Å². The number of unbranched alkanes of at least 4 members (excludes halogenated alkanes) is 1. The third-order valence-corrected chi connectivity index (χ3v) is 1.35. The van der Waals surface area contributed by atoms with Crippen LogP contribution in [0.2, 0.25) is 9.88 Å².